The number of alkyl halides is 3. The van der Waals surface area contributed by atoms with Crippen LogP contribution < -0.4 is 4.57 Å². The van der Waals surface area contributed by atoms with Crippen LogP contribution in [0, 0.1) is 0 Å². The molecule has 1 aromatic rings. The lowest BCUT2D eigenvalue weighted by Crippen LogP contribution is -2.45. The zero-order valence-electron chi connectivity index (χ0n) is 5.27. The number of hydrogen-bond acceptors (Lipinski definition) is 0. The summed E-state index contributed by atoms with van der Waals surface area (Å²) in [5, 5.41) is 0.382. The highest BCUT2D eigenvalue weighted by molar-refractivity contribution is 6.63. The van der Waals surface area contributed by atoms with E-state index in [2.05, 4.69) is 0 Å². The van der Waals surface area contributed by atoms with Crippen molar-refractivity contribution in [2.45, 2.75) is 3.92 Å². The molecule has 0 spiro atoms. The van der Waals surface area contributed by atoms with E-state index < -0.39 is 3.92 Å². The fourth-order valence-corrected chi connectivity index (χ4v) is 1.46. The molecular formula is C6H4Cl4N+. The minimum absolute atomic E-state index is 0.382. The van der Waals surface area contributed by atoms with Crippen LogP contribution in [0.5, 0.6) is 0 Å². The Kier molecular flexibility index (Phi) is 2.87. The second kappa shape index (κ2) is 3.36. The van der Waals surface area contributed by atoms with Crippen molar-refractivity contribution in [1.82, 2.24) is 0 Å². The second-order valence-corrected chi connectivity index (χ2v) is 4.47. The Morgan fingerprint density at radius 3 is 2.18 bits per heavy atom. The van der Waals surface area contributed by atoms with Gasteiger partial charge < -0.3 is 0 Å². The van der Waals surface area contributed by atoms with Crippen molar-refractivity contribution in [3.63, 3.8) is 0 Å². The maximum absolute atomic E-state index is 5.72. The standard InChI is InChI=1S/C6H4Cl4N/c7-5-3-1-2-4-11(5)6(8,9)10/h1-4H/q+1. The predicted octanol–water partition coefficient (Wildman–Crippen LogP) is 2.91. The average Bonchev–Trinajstić information content (AvgIpc) is 1.86. The van der Waals surface area contributed by atoms with Gasteiger partial charge in [0.1, 0.15) is 0 Å². The zero-order chi connectivity index (χ0) is 8.48. The van der Waals surface area contributed by atoms with Gasteiger partial charge in [-0.2, -0.15) is 0 Å². The van der Waals surface area contributed by atoms with E-state index in [4.69, 9.17) is 46.4 Å². The fourth-order valence-electron chi connectivity index (χ4n) is 0.628. The van der Waals surface area contributed by atoms with Crippen LogP contribution in [-0.2, 0) is 3.92 Å². The molecular weight excluding hydrogens is 228 g/mol. The third-order valence-corrected chi connectivity index (χ3v) is 1.94. The molecule has 0 aliphatic rings. The summed E-state index contributed by atoms with van der Waals surface area (Å²) >= 11 is 22.4. The van der Waals surface area contributed by atoms with Gasteiger partial charge in [-0.1, -0.05) is 0 Å². The quantitative estimate of drug-likeness (QED) is 0.367. The summed E-state index contributed by atoms with van der Waals surface area (Å²) in [5.41, 5.74) is 0. The van der Waals surface area contributed by atoms with Crippen LogP contribution in [-0.4, -0.2) is 0 Å². The molecule has 1 heterocycles. The summed E-state index contributed by atoms with van der Waals surface area (Å²) in [7, 11) is 0. The van der Waals surface area contributed by atoms with Crippen LogP contribution in [0.25, 0.3) is 0 Å². The second-order valence-electron chi connectivity index (χ2n) is 1.86. The Labute approximate surface area is 84.4 Å². The highest BCUT2D eigenvalue weighted by Gasteiger charge is 2.33. The van der Waals surface area contributed by atoms with E-state index in [1.165, 1.54) is 4.57 Å². The molecule has 1 aromatic heterocycles. The Hall–Kier alpha value is 0.310. The molecule has 0 saturated heterocycles. The van der Waals surface area contributed by atoms with Crippen LogP contribution >= 0.6 is 46.4 Å². The largest absolute Gasteiger partial charge is 0.400 e. The van der Waals surface area contributed by atoms with E-state index in [0.717, 1.165) is 0 Å². The number of hydrogen-bond donors (Lipinski definition) is 0. The minimum Gasteiger partial charge on any atom is -0.140 e. The molecule has 0 atom stereocenters. The first-order valence-corrected chi connectivity index (χ1v) is 4.26. The monoisotopic (exact) mass is 230 g/mol. The predicted molar refractivity (Wildman–Crippen MR) is 47.2 cm³/mol. The van der Waals surface area contributed by atoms with Crippen LogP contribution in [0.15, 0.2) is 24.4 Å². The van der Waals surface area contributed by atoms with E-state index in [-0.39, 0.29) is 0 Å². The van der Waals surface area contributed by atoms with Gasteiger partial charge >= 0.3 is 3.92 Å². The van der Waals surface area contributed by atoms with Crippen molar-refractivity contribution in [3.8, 4) is 0 Å². The molecule has 5 heteroatoms. The van der Waals surface area contributed by atoms with E-state index >= 15 is 0 Å². The van der Waals surface area contributed by atoms with Gasteiger partial charge in [-0.05, 0) is 52.5 Å². The third kappa shape index (κ3) is 2.38. The first-order chi connectivity index (χ1) is 5.02. The van der Waals surface area contributed by atoms with E-state index in [0.29, 0.717) is 5.15 Å². The molecule has 0 aliphatic heterocycles. The molecule has 0 aliphatic carbocycles. The van der Waals surface area contributed by atoms with E-state index in [9.17, 15) is 0 Å². The number of aromatic nitrogens is 1. The molecule has 0 radical (unpaired) electrons. The Morgan fingerprint density at radius 2 is 1.82 bits per heavy atom. The van der Waals surface area contributed by atoms with Crippen molar-refractivity contribution in [2.75, 3.05) is 0 Å². The lowest BCUT2D eigenvalue weighted by Gasteiger charge is -2.04. The molecule has 0 N–H and O–H groups in total. The van der Waals surface area contributed by atoms with Gasteiger partial charge in [-0.15, -0.1) is 4.57 Å². The van der Waals surface area contributed by atoms with Crippen molar-refractivity contribution >= 4 is 46.4 Å². The fraction of sp³-hybridized carbons (Fsp3) is 0.167. The first-order valence-electron chi connectivity index (χ1n) is 2.75. The van der Waals surface area contributed by atoms with Gasteiger partial charge in [-0.25, -0.2) is 0 Å². The van der Waals surface area contributed by atoms with Gasteiger partial charge in [0, 0.05) is 12.1 Å². The Balaban J connectivity index is 3.14. The van der Waals surface area contributed by atoms with Gasteiger partial charge in [0.15, 0.2) is 6.20 Å². The van der Waals surface area contributed by atoms with Gasteiger partial charge in [0.05, 0.1) is 0 Å². The summed E-state index contributed by atoms with van der Waals surface area (Å²) in [5.74, 6) is 0. The molecule has 0 fully saturated rings. The molecule has 0 aromatic carbocycles. The SMILES string of the molecule is Clc1cccc[n+]1C(Cl)(Cl)Cl. The smallest absolute Gasteiger partial charge is 0.140 e. The Morgan fingerprint density at radius 1 is 1.18 bits per heavy atom. The summed E-state index contributed by atoms with van der Waals surface area (Å²) in [6.45, 7) is 0. The van der Waals surface area contributed by atoms with E-state index in [1.54, 1.807) is 24.4 Å². The van der Waals surface area contributed by atoms with Crippen LogP contribution in [0.2, 0.25) is 5.15 Å². The van der Waals surface area contributed by atoms with Crippen molar-refractivity contribution in [3.05, 3.63) is 29.5 Å². The first kappa shape index (κ1) is 9.40. The maximum atomic E-state index is 5.72. The topological polar surface area (TPSA) is 3.88 Å². The highest BCUT2D eigenvalue weighted by atomic mass is 35.6. The molecule has 0 amide bonds. The van der Waals surface area contributed by atoms with Gasteiger partial charge in [-0.3, -0.25) is 0 Å². The van der Waals surface area contributed by atoms with Crippen LogP contribution in [0.3, 0.4) is 0 Å². The summed E-state index contributed by atoms with van der Waals surface area (Å²) in [6.07, 6.45) is 1.59. The number of nitrogens with zero attached hydrogens (tertiary/aromatic N) is 1. The molecule has 0 saturated carbocycles. The normalized spacial score (nSPS) is 11.6. The summed E-state index contributed by atoms with van der Waals surface area (Å²) in [4.78, 5) is 0. The number of rotatable bonds is 0. The lowest BCUT2D eigenvalue weighted by molar-refractivity contribution is -0.697. The zero-order valence-corrected chi connectivity index (χ0v) is 8.29. The Bertz CT molecular complexity index is 255. The minimum atomic E-state index is -1.52. The molecule has 1 nitrogen and oxygen atoms in total. The summed E-state index contributed by atoms with van der Waals surface area (Å²) < 4.78 is -0.183. The number of halogens is 4. The van der Waals surface area contributed by atoms with Crippen LogP contribution in [0.1, 0.15) is 0 Å². The molecule has 0 unspecified atom stereocenters. The van der Waals surface area contributed by atoms with Gasteiger partial charge in [0.2, 0.25) is 0 Å². The average molecular weight is 232 g/mol. The maximum Gasteiger partial charge on any atom is 0.400 e. The van der Waals surface area contributed by atoms with Crippen molar-refractivity contribution in [2.24, 2.45) is 0 Å². The third-order valence-electron chi connectivity index (χ3n) is 1.08. The molecule has 1 rings (SSSR count). The van der Waals surface area contributed by atoms with Gasteiger partial charge in [0.25, 0.3) is 5.15 Å². The summed E-state index contributed by atoms with van der Waals surface area (Å²) in [6, 6.07) is 5.13. The number of pyridine rings is 1. The molecule has 11 heavy (non-hydrogen) atoms. The van der Waals surface area contributed by atoms with Crippen molar-refractivity contribution in [1.29, 1.82) is 0 Å². The van der Waals surface area contributed by atoms with Crippen LogP contribution in [0.4, 0.5) is 0 Å². The lowest BCUT2D eigenvalue weighted by atomic mass is 10.5. The van der Waals surface area contributed by atoms with Crippen molar-refractivity contribution < 1.29 is 4.57 Å². The van der Waals surface area contributed by atoms with E-state index in [1.807, 2.05) is 0 Å². The molecule has 60 valence electrons. The molecule has 0 bridgehead atoms. The highest BCUT2D eigenvalue weighted by Crippen LogP contribution is 2.26.